The van der Waals surface area contributed by atoms with Crippen molar-refractivity contribution in [2.75, 3.05) is 6.54 Å². The molecule has 1 aliphatic rings. The van der Waals surface area contributed by atoms with Crippen molar-refractivity contribution in [2.45, 2.75) is 25.2 Å². The molecule has 1 amide bonds. The van der Waals surface area contributed by atoms with Gasteiger partial charge in [0.2, 0.25) is 5.91 Å². The molecular weight excluding hydrogens is 247 g/mol. The fourth-order valence-corrected chi connectivity index (χ4v) is 2.22. The summed E-state index contributed by atoms with van der Waals surface area (Å²) in [4.78, 5) is 17.0. The van der Waals surface area contributed by atoms with E-state index in [0.29, 0.717) is 17.5 Å². The van der Waals surface area contributed by atoms with Crippen LogP contribution in [0.3, 0.4) is 0 Å². The van der Waals surface area contributed by atoms with Crippen LogP contribution in [0.1, 0.15) is 12.2 Å². The maximum Gasteiger partial charge on any atom is 0.234 e. The summed E-state index contributed by atoms with van der Waals surface area (Å²) in [7, 11) is 1.77. The van der Waals surface area contributed by atoms with Crippen molar-refractivity contribution >= 4 is 17.5 Å². The topological polar surface area (TPSA) is 64.2 Å². The van der Waals surface area contributed by atoms with E-state index >= 15 is 0 Å². The average molecular weight is 261 g/mol. The first kappa shape index (κ1) is 12.3. The number of carbonyl (C=O) groups is 1. The lowest BCUT2D eigenvalue weighted by molar-refractivity contribution is -0.122. The Kier molecular flexibility index (Phi) is 3.35. The lowest BCUT2D eigenvalue weighted by Crippen LogP contribution is -2.40. The Hall–Kier alpha value is -1.14. The van der Waals surface area contributed by atoms with Crippen molar-refractivity contribution in [1.29, 1.82) is 0 Å². The van der Waals surface area contributed by atoms with Gasteiger partial charge >= 0.3 is 0 Å². The molecule has 5 nitrogen and oxygen atoms in total. The Labute approximate surface area is 103 Å². The van der Waals surface area contributed by atoms with Gasteiger partial charge < -0.3 is 10.3 Å². The van der Waals surface area contributed by atoms with Gasteiger partial charge in [0.1, 0.15) is 17.1 Å². The van der Waals surface area contributed by atoms with E-state index in [1.807, 2.05) is 0 Å². The number of rotatable bonds is 3. The first-order valence-corrected chi connectivity index (χ1v) is 5.70. The maximum absolute atomic E-state index is 13.3. The summed E-state index contributed by atoms with van der Waals surface area (Å²) in [6, 6.07) is -0.555. The highest BCUT2D eigenvalue weighted by Crippen LogP contribution is 2.22. The molecule has 0 bridgehead atoms. The SMILES string of the molecule is Cn1c(Cl)cnc1CN1C[C@H](F)C[C@H]1C(N)=O. The van der Waals surface area contributed by atoms with Gasteiger partial charge in [0, 0.05) is 20.0 Å². The number of hydrogen-bond acceptors (Lipinski definition) is 3. The second-order valence-electron chi connectivity index (χ2n) is 4.24. The Morgan fingerprint density at radius 3 is 3.00 bits per heavy atom. The van der Waals surface area contributed by atoms with Crippen LogP contribution in [0.15, 0.2) is 6.20 Å². The predicted octanol–water partition coefficient (Wildman–Crippen LogP) is 0.471. The average Bonchev–Trinajstić information content (AvgIpc) is 2.76. The standard InChI is InChI=1S/C10H14ClFN4O/c1-15-8(11)3-14-9(15)5-16-4-6(12)2-7(16)10(13)17/h3,6-7H,2,4-5H2,1H3,(H2,13,17)/t6-,7+/m1/s1. The lowest BCUT2D eigenvalue weighted by atomic mass is 10.2. The summed E-state index contributed by atoms with van der Waals surface area (Å²) >= 11 is 5.86. The maximum atomic E-state index is 13.3. The van der Waals surface area contributed by atoms with Gasteiger partial charge in [-0.05, 0) is 0 Å². The monoisotopic (exact) mass is 260 g/mol. The summed E-state index contributed by atoms with van der Waals surface area (Å²) < 4.78 is 15.0. The summed E-state index contributed by atoms with van der Waals surface area (Å²) in [6.07, 6.45) is 0.676. The fraction of sp³-hybridized carbons (Fsp3) is 0.600. The number of likely N-dealkylation sites (tertiary alicyclic amines) is 1. The highest BCUT2D eigenvalue weighted by Gasteiger charge is 2.36. The van der Waals surface area contributed by atoms with Crippen LogP contribution in [0.5, 0.6) is 0 Å². The predicted molar refractivity (Wildman–Crippen MR) is 61.1 cm³/mol. The molecule has 1 aromatic heterocycles. The number of nitrogens with zero attached hydrogens (tertiary/aromatic N) is 3. The quantitative estimate of drug-likeness (QED) is 0.859. The number of halogens is 2. The van der Waals surface area contributed by atoms with Gasteiger partial charge in [-0.15, -0.1) is 0 Å². The third-order valence-electron chi connectivity index (χ3n) is 3.05. The van der Waals surface area contributed by atoms with Gasteiger partial charge in [-0.1, -0.05) is 11.6 Å². The molecule has 1 saturated heterocycles. The molecule has 1 aliphatic heterocycles. The molecule has 1 aromatic rings. The van der Waals surface area contributed by atoms with E-state index in [4.69, 9.17) is 17.3 Å². The van der Waals surface area contributed by atoms with E-state index in [2.05, 4.69) is 4.98 Å². The molecule has 94 valence electrons. The zero-order valence-electron chi connectivity index (χ0n) is 9.44. The van der Waals surface area contributed by atoms with Crippen molar-refractivity contribution in [3.8, 4) is 0 Å². The fourth-order valence-electron chi connectivity index (χ4n) is 2.07. The van der Waals surface area contributed by atoms with Crippen LogP contribution in [0.2, 0.25) is 5.15 Å². The summed E-state index contributed by atoms with van der Waals surface area (Å²) in [5.74, 6) is 0.195. The Morgan fingerprint density at radius 2 is 2.47 bits per heavy atom. The van der Waals surface area contributed by atoms with Crippen molar-refractivity contribution in [2.24, 2.45) is 12.8 Å². The molecular formula is C10H14ClFN4O. The minimum absolute atomic E-state index is 0.160. The summed E-state index contributed by atoms with van der Waals surface area (Å²) in [6.45, 7) is 0.579. The van der Waals surface area contributed by atoms with Crippen LogP contribution in [-0.4, -0.2) is 39.1 Å². The van der Waals surface area contributed by atoms with Crippen LogP contribution in [0, 0.1) is 0 Å². The molecule has 2 atom stereocenters. The summed E-state index contributed by atoms with van der Waals surface area (Å²) in [5, 5.41) is 0.506. The van der Waals surface area contributed by atoms with Gasteiger partial charge in [0.25, 0.3) is 0 Å². The molecule has 0 radical (unpaired) electrons. The third-order valence-corrected chi connectivity index (χ3v) is 3.40. The first-order chi connectivity index (χ1) is 7.99. The minimum atomic E-state index is -1.01. The van der Waals surface area contributed by atoms with Gasteiger partial charge in [0.05, 0.1) is 18.8 Å². The largest absolute Gasteiger partial charge is 0.368 e. The van der Waals surface area contributed by atoms with Crippen LogP contribution >= 0.6 is 11.6 Å². The minimum Gasteiger partial charge on any atom is -0.368 e. The van der Waals surface area contributed by atoms with Gasteiger partial charge in [-0.3, -0.25) is 9.69 Å². The molecule has 7 heteroatoms. The molecule has 0 spiro atoms. The van der Waals surface area contributed by atoms with Gasteiger partial charge in [0.15, 0.2) is 0 Å². The molecule has 1 fully saturated rings. The second kappa shape index (κ2) is 4.62. The normalized spacial score (nSPS) is 25.4. The number of amides is 1. The van der Waals surface area contributed by atoms with Crippen molar-refractivity contribution in [3.63, 3.8) is 0 Å². The Bertz CT molecular complexity index is 436. The number of primary amides is 1. The number of hydrogen-bond donors (Lipinski definition) is 1. The molecule has 2 heterocycles. The van der Waals surface area contributed by atoms with E-state index in [0.717, 1.165) is 0 Å². The van der Waals surface area contributed by atoms with Crippen molar-refractivity contribution in [1.82, 2.24) is 14.5 Å². The second-order valence-corrected chi connectivity index (χ2v) is 4.62. The van der Waals surface area contributed by atoms with E-state index in [9.17, 15) is 9.18 Å². The smallest absolute Gasteiger partial charge is 0.234 e. The number of carbonyl (C=O) groups excluding carboxylic acids is 1. The van der Waals surface area contributed by atoms with Crippen LogP contribution in [0.4, 0.5) is 4.39 Å². The molecule has 0 aliphatic carbocycles. The zero-order valence-corrected chi connectivity index (χ0v) is 10.2. The van der Waals surface area contributed by atoms with E-state index in [1.54, 1.807) is 16.5 Å². The highest BCUT2D eigenvalue weighted by atomic mass is 35.5. The molecule has 0 saturated carbocycles. The van der Waals surface area contributed by atoms with Gasteiger partial charge in [-0.2, -0.15) is 0 Å². The first-order valence-electron chi connectivity index (χ1n) is 5.32. The van der Waals surface area contributed by atoms with Crippen LogP contribution in [0.25, 0.3) is 0 Å². The van der Waals surface area contributed by atoms with Gasteiger partial charge in [-0.25, -0.2) is 9.37 Å². The lowest BCUT2D eigenvalue weighted by Gasteiger charge is -2.20. The van der Waals surface area contributed by atoms with Crippen LogP contribution in [-0.2, 0) is 18.4 Å². The molecule has 2 N–H and O–H groups in total. The zero-order chi connectivity index (χ0) is 12.6. The van der Waals surface area contributed by atoms with Crippen molar-refractivity contribution < 1.29 is 9.18 Å². The van der Waals surface area contributed by atoms with E-state index in [-0.39, 0.29) is 13.0 Å². The molecule has 17 heavy (non-hydrogen) atoms. The van der Waals surface area contributed by atoms with E-state index < -0.39 is 18.1 Å². The Balaban J connectivity index is 2.12. The number of imidazole rings is 1. The number of aromatic nitrogens is 2. The third kappa shape index (κ3) is 2.42. The highest BCUT2D eigenvalue weighted by molar-refractivity contribution is 6.29. The molecule has 0 unspecified atom stereocenters. The van der Waals surface area contributed by atoms with Crippen molar-refractivity contribution in [3.05, 3.63) is 17.2 Å². The van der Waals surface area contributed by atoms with E-state index in [1.165, 1.54) is 6.20 Å². The number of alkyl halides is 1. The molecule has 2 rings (SSSR count). The number of nitrogens with two attached hydrogens (primary N) is 1. The molecule has 0 aromatic carbocycles. The summed E-state index contributed by atoms with van der Waals surface area (Å²) in [5.41, 5.74) is 5.25. The Morgan fingerprint density at radius 1 is 1.76 bits per heavy atom. The van der Waals surface area contributed by atoms with Crippen LogP contribution < -0.4 is 5.73 Å².